The Labute approximate surface area is 211 Å². The van der Waals surface area contributed by atoms with Gasteiger partial charge in [-0.15, -0.1) is 0 Å². The number of alkyl halides is 2. The Morgan fingerprint density at radius 1 is 0.686 bits per heavy atom. The second kappa shape index (κ2) is 14.0. The van der Waals surface area contributed by atoms with E-state index in [4.69, 9.17) is 0 Å². The minimum atomic E-state index is -3.45. The van der Waals surface area contributed by atoms with Crippen LogP contribution in [0.1, 0.15) is 146 Å². The second-order valence-electron chi connectivity index (χ2n) is 11.6. The first kappa shape index (κ1) is 28.5. The third kappa shape index (κ3) is 8.22. The van der Waals surface area contributed by atoms with Crippen LogP contribution in [0.4, 0.5) is 17.6 Å². The lowest BCUT2D eigenvalue weighted by molar-refractivity contribution is -0.0222. The number of rotatable bonds is 13. The number of benzene rings is 1. The molecule has 2 aliphatic carbocycles. The van der Waals surface area contributed by atoms with Gasteiger partial charge in [0.25, 0.3) is 5.92 Å². The summed E-state index contributed by atoms with van der Waals surface area (Å²) in [7, 11) is 0. The summed E-state index contributed by atoms with van der Waals surface area (Å²) in [5.74, 6) is -3.10. The van der Waals surface area contributed by atoms with Crippen LogP contribution in [0.3, 0.4) is 0 Å². The highest BCUT2D eigenvalue weighted by Crippen LogP contribution is 2.45. The molecule has 0 bridgehead atoms. The van der Waals surface area contributed by atoms with E-state index in [1.165, 1.54) is 82.8 Å². The minimum Gasteiger partial charge on any atom is -0.206 e. The minimum absolute atomic E-state index is 0.0811. The molecule has 0 N–H and O–H groups in total. The summed E-state index contributed by atoms with van der Waals surface area (Å²) >= 11 is 0. The van der Waals surface area contributed by atoms with Gasteiger partial charge in [-0.05, 0) is 86.3 Å². The number of hydrogen-bond donors (Lipinski definition) is 0. The van der Waals surface area contributed by atoms with Gasteiger partial charge in [0.2, 0.25) is 0 Å². The summed E-state index contributed by atoms with van der Waals surface area (Å²) in [5.41, 5.74) is -0.475. The molecular formula is C31H48F4. The second-order valence-corrected chi connectivity index (χ2v) is 11.6. The van der Waals surface area contributed by atoms with Gasteiger partial charge in [0.1, 0.15) is 11.6 Å². The number of unbranched alkanes of at least 4 members (excludes halogenated alkanes) is 6. The molecule has 0 heterocycles. The summed E-state index contributed by atoms with van der Waals surface area (Å²) in [6.45, 7) is 4.06. The van der Waals surface area contributed by atoms with E-state index in [0.29, 0.717) is 17.9 Å². The van der Waals surface area contributed by atoms with Crippen LogP contribution in [0.5, 0.6) is 0 Å². The molecule has 4 heteroatoms. The highest BCUT2D eigenvalue weighted by Gasteiger charge is 2.38. The van der Waals surface area contributed by atoms with Crippen molar-refractivity contribution in [3.8, 4) is 0 Å². The van der Waals surface area contributed by atoms with Crippen LogP contribution in [-0.2, 0) is 5.92 Å². The first-order valence-corrected chi connectivity index (χ1v) is 14.7. The zero-order valence-corrected chi connectivity index (χ0v) is 22.2. The van der Waals surface area contributed by atoms with Gasteiger partial charge in [0, 0.05) is 6.42 Å². The maximum absolute atomic E-state index is 14.6. The van der Waals surface area contributed by atoms with Crippen LogP contribution in [0.25, 0.3) is 0 Å². The highest BCUT2D eigenvalue weighted by molar-refractivity contribution is 5.32. The Morgan fingerprint density at radius 2 is 1.20 bits per heavy atom. The van der Waals surface area contributed by atoms with E-state index in [-0.39, 0.29) is 12.3 Å². The standard InChI is InChI=1S/C31H48F4/c1-3-5-7-8-9-10-11-23-12-14-24(15-13-23)25-16-18-26(19-17-25)27-21-28(32)30(29(33)22-27)31(34,35)20-6-4-2/h21-26H,3-20H2,1-2H3. The van der Waals surface area contributed by atoms with Gasteiger partial charge in [0.15, 0.2) is 0 Å². The maximum atomic E-state index is 14.6. The molecule has 0 nitrogen and oxygen atoms in total. The van der Waals surface area contributed by atoms with E-state index >= 15 is 0 Å². The van der Waals surface area contributed by atoms with Crippen molar-refractivity contribution in [2.45, 2.75) is 141 Å². The van der Waals surface area contributed by atoms with Crippen LogP contribution < -0.4 is 0 Å². The fraction of sp³-hybridized carbons (Fsp3) is 0.806. The molecule has 2 saturated carbocycles. The Balaban J connectivity index is 1.44. The number of halogens is 4. The molecule has 0 saturated heterocycles. The van der Waals surface area contributed by atoms with E-state index in [1.807, 2.05) is 0 Å². The highest BCUT2D eigenvalue weighted by atomic mass is 19.3. The summed E-state index contributed by atoms with van der Waals surface area (Å²) in [5, 5.41) is 0. The molecule has 2 fully saturated rings. The van der Waals surface area contributed by atoms with Gasteiger partial charge < -0.3 is 0 Å². The maximum Gasteiger partial charge on any atom is 0.278 e. The van der Waals surface area contributed by atoms with E-state index in [2.05, 4.69) is 6.92 Å². The molecular weight excluding hydrogens is 448 g/mol. The van der Waals surface area contributed by atoms with Crippen molar-refractivity contribution in [1.29, 1.82) is 0 Å². The summed E-state index contributed by atoms with van der Waals surface area (Å²) < 4.78 is 58.0. The van der Waals surface area contributed by atoms with Crippen LogP contribution in [0, 0.1) is 29.4 Å². The van der Waals surface area contributed by atoms with Gasteiger partial charge in [-0.1, -0.05) is 78.1 Å². The zero-order chi connectivity index (χ0) is 25.3. The molecule has 2 aliphatic rings. The monoisotopic (exact) mass is 496 g/mol. The van der Waals surface area contributed by atoms with Crippen molar-refractivity contribution in [3.63, 3.8) is 0 Å². The quantitative estimate of drug-likeness (QED) is 0.188. The molecule has 0 unspecified atom stereocenters. The first-order chi connectivity index (χ1) is 16.9. The van der Waals surface area contributed by atoms with E-state index in [1.54, 1.807) is 6.92 Å². The molecule has 0 atom stereocenters. The predicted molar refractivity (Wildman–Crippen MR) is 138 cm³/mol. The van der Waals surface area contributed by atoms with Gasteiger partial charge in [-0.3, -0.25) is 0 Å². The average molecular weight is 497 g/mol. The Bertz CT molecular complexity index is 719. The normalized spacial score (nSPS) is 25.7. The van der Waals surface area contributed by atoms with Gasteiger partial charge in [-0.2, -0.15) is 0 Å². The smallest absolute Gasteiger partial charge is 0.206 e. The Hall–Kier alpha value is -1.06. The fourth-order valence-corrected chi connectivity index (χ4v) is 6.79. The summed E-state index contributed by atoms with van der Waals surface area (Å²) in [4.78, 5) is 0. The van der Waals surface area contributed by atoms with E-state index in [0.717, 1.165) is 37.5 Å². The summed E-state index contributed by atoms with van der Waals surface area (Å²) in [6, 6.07) is 2.38. The third-order valence-corrected chi connectivity index (χ3v) is 9.04. The molecule has 35 heavy (non-hydrogen) atoms. The number of hydrogen-bond acceptors (Lipinski definition) is 0. The van der Waals surface area contributed by atoms with Gasteiger partial charge in [0.05, 0.1) is 5.56 Å². The molecule has 200 valence electrons. The molecule has 0 aliphatic heterocycles. The topological polar surface area (TPSA) is 0 Å². The fourth-order valence-electron chi connectivity index (χ4n) is 6.79. The van der Waals surface area contributed by atoms with Crippen molar-refractivity contribution in [2.75, 3.05) is 0 Å². The van der Waals surface area contributed by atoms with Crippen molar-refractivity contribution >= 4 is 0 Å². The lowest BCUT2D eigenvalue weighted by Crippen LogP contribution is -2.25. The molecule has 1 aromatic rings. The SMILES string of the molecule is CCCCCCCCC1CCC(C2CCC(c3cc(F)c(C(F)(F)CCCC)c(F)c3)CC2)CC1. The largest absolute Gasteiger partial charge is 0.278 e. The predicted octanol–water partition coefficient (Wildman–Crippen LogP) is 11.1. The van der Waals surface area contributed by atoms with Crippen LogP contribution in [0.15, 0.2) is 12.1 Å². The van der Waals surface area contributed by atoms with E-state index < -0.39 is 29.5 Å². The molecule has 3 rings (SSSR count). The van der Waals surface area contributed by atoms with Gasteiger partial charge in [-0.25, -0.2) is 17.6 Å². The summed E-state index contributed by atoms with van der Waals surface area (Å²) in [6.07, 6.45) is 19.4. The Kier molecular flexibility index (Phi) is 11.4. The Morgan fingerprint density at radius 3 is 1.77 bits per heavy atom. The van der Waals surface area contributed by atoms with Crippen LogP contribution >= 0.6 is 0 Å². The lowest BCUT2D eigenvalue weighted by atomic mass is 9.68. The van der Waals surface area contributed by atoms with E-state index in [9.17, 15) is 17.6 Å². The zero-order valence-electron chi connectivity index (χ0n) is 22.2. The van der Waals surface area contributed by atoms with Crippen molar-refractivity contribution in [2.24, 2.45) is 17.8 Å². The molecule has 0 aromatic heterocycles. The molecule has 1 aromatic carbocycles. The van der Waals surface area contributed by atoms with Crippen molar-refractivity contribution in [1.82, 2.24) is 0 Å². The van der Waals surface area contributed by atoms with Crippen LogP contribution in [-0.4, -0.2) is 0 Å². The molecule has 0 spiro atoms. The van der Waals surface area contributed by atoms with Gasteiger partial charge >= 0.3 is 0 Å². The lowest BCUT2D eigenvalue weighted by Gasteiger charge is -2.38. The average Bonchev–Trinajstić information content (AvgIpc) is 2.85. The third-order valence-electron chi connectivity index (χ3n) is 9.04. The molecule has 0 radical (unpaired) electrons. The van der Waals surface area contributed by atoms with Crippen molar-refractivity contribution < 1.29 is 17.6 Å². The molecule has 0 amide bonds. The van der Waals surface area contributed by atoms with Crippen LogP contribution in [0.2, 0.25) is 0 Å². The van der Waals surface area contributed by atoms with Crippen molar-refractivity contribution in [3.05, 3.63) is 34.9 Å². The first-order valence-electron chi connectivity index (χ1n) is 14.7.